The number of nitrogens with one attached hydrogen (secondary N) is 2. The molecule has 0 aliphatic rings. The standard InChI is InChI=1S/C21H19ClN2O3/c1-26-20-12-7-15(22)13-19(20)24-21(25)14-27-18-10-8-17(9-11-18)23-16-5-3-2-4-6-16/h2-13,23H,14H2,1H3,(H,24,25). The summed E-state index contributed by atoms with van der Waals surface area (Å²) in [6.45, 7) is -0.124. The number of carbonyl (C=O) groups excluding carboxylic acids is 1. The maximum absolute atomic E-state index is 12.1. The maximum Gasteiger partial charge on any atom is 0.262 e. The highest BCUT2D eigenvalue weighted by molar-refractivity contribution is 6.31. The van der Waals surface area contributed by atoms with E-state index < -0.39 is 0 Å². The Labute approximate surface area is 162 Å². The molecule has 0 aliphatic carbocycles. The minimum Gasteiger partial charge on any atom is -0.495 e. The predicted octanol–water partition coefficient (Wildman–Crippen LogP) is 5.11. The molecular weight excluding hydrogens is 364 g/mol. The fourth-order valence-corrected chi connectivity index (χ4v) is 2.61. The number of amides is 1. The van der Waals surface area contributed by atoms with Gasteiger partial charge in [0.2, 0.25) is 0 Å². The topological polar surface area (TPSA) is 59.6 Å². The number of ether oxygens (including phenoxy) is 2. The number of hydrogen-bond acceptors (Lipinski definition) is 4. The summed E-state index contributed by atoms with van der Waals surface area (Å²) in [6.07, 6.45) is 0. The third kappa shape index (κ3) is 5.39. The number of methoxy groups -OCH3 is 1. The fraction of sp³-hybridized carbons (Fsp3) is 0.0952. The number of halogens is 1. The third-order valence-electron chi connectivity index (χ3n) is 3.72. The molecule has 0 aromatic heterocycles. The van der Waals surface area contributed by atoms with Crippen LogP contribution in [0.1, 0.15) is 0 Å². The van der Waals surface area contributed by atoms with Crippen LogP contribution in [0.15, 0.2) is 72.8 Å². The van der Waals surface area contributed by atoms with Gasteiger partial charge in [0.25, 0.3) is 5.91 Å². The Bertz CT molecular complexity index is 899. The summed E-state index contributed by atoms with van der Waals surface area (Å²) < 4.78 is 10.7. The zero-order chi connectivity index (χ0) is 19.1. The van der Waals surface area contributed by atoms with Gasteiger partial charge >= 0.3 is 0 Å². The highest BCUT2D eigenvalue weighted by Gasteiger charge is 2.09. The van der Waals surface area contributed by atoms with Crippen molar-refractivity contribution < 1.29 is 14.3 Å². The molecule has 0 saturated heterocycles. The second-order valence-corrected chi connectivity index (χ2v) is 6.13. The van der Waals surface area contributed by atoms with E-state index in [0.29, 0.717) is 22.2 Å². The van der Waals surface area contributed by atoms with Crippen molar-refractivity contribution >= 4 is 34.6 Å². The van der Waals surface area contributed by atoms with Crippen LogP contribution in [0.3, 0.4) is 0 Å². The van der Waals surface area contributed by atoms with E-state index in [9.17, 15) is 4.79 Å². The normalized spacial score (nSPS) is 10.1. The lowest BCUT2D eigenvalue weighted by atomic mass is 10.2. The molecule has 3 aromatic rings. The lowest BCUT2D eigenvalue weighted by molar-refractivity contribution is -0.118. The van der Waals surface area contributed by atoms with Crippen LogP contribution >= 0.6 is 11.6 Å². The first-order valence-electron chi connectivity index (χ1n) is 8.32. The van der Waals surface area contributed by atoms with Gasteiger partial charge in [0, 0.05) is 16.4 Å². The van der Waals surface area contributed by atoms with E-state index in [1.807, 2.05) is 42.5 Å². The predicted molar refractivity (Wildman–Crippen MR) is 108 cm³/mol. The molecule has 138 valence electrons. The van der Waals surface area contributed by atoms with Crippen LogP contribution < -0.4 is 20.1 Å². The largest absolute Gasteiger partial charge is 0.495 e. The van der Waals surface area contributed by atoms with Gasteiger partial charge in [-0.2, -0.15) is 0 Å². The maximum atomic E-state index is 12.1. The SMILES string of the molecule is COc1ccc(Cl)cc1NC(=O)COc1ccc(Nc2ccccc2)cc1. The highest BCUT2D eigenvalue weighted by Crippen LogP contribution is 2.27. The van der Waals surface area contributed by atoms with Gasteiger partial charge in [-0.05, 0) is 54.6 Å². The molecule has 0 saturated carbocycles. The summed E-state index contributed by atoms with van der Waals surface area (Å²) in [5, 5.41) is 6.52. The lowest BCUT2D eigenvalue weighted by Crippen LogP contribution is -2.20. The second-order valence-electron chi connectivity index (χ2n) is 5.70. The van der Waals surface area contributed by atoms with E-state index in [4.69, 9.17) is 21.1 Å². The van der Waals surface area contributed by atoms with Crippen LogP contribution in [0, 0.1) is 0 Å². The van der Waals surface area contributed by atoms with Crippen LogP contribution in [0.2, 0.25) is 5.02 Å². The van der Waals surface area contributed by atoms with Crippen molar-refractivity contribution in [1.29, 1.82) is 0 Å². The Morgan fingerprint density at radius 3 is 2.37 bits per heavy atom. The minimum absolute atomic E-state index is 0.124. The summed E-state index contributed by atoms with van der Waals surface area (Å²) in [4.78, 5) is 12.1. The number of rotatable bonds is 7. The zero-order valence-electron chi connectivity index (χ0n) is 14.7. The lowest BCUT2D eigenvalue weighted by Gasteiger charge is -2.12. The molecule has 0 atom stereocenters. The first kappa shape index (κ1) is 18.6. The average Bonchev–Trinajstić information content (AvgIpc) is 2.68. The van der Waals surface area contributed by atoms with Gasteiger partial charge in [-0.25, -0.2) is 0 Å². The highest BCUT2D eigenvalue weighted by atomic mass is 35.5. The number of carbonyl (C=O) groups is 1. The van der Waals surface area contributed by atoms with Gasteiger partial charge in [0.1, 0.15) is 11.5 Å². The van der Waals surface area contributed by atoms with Crippen LogP contribution in [-0.2, 0) is 4.79 Å². The molecule has 0 aliphatic heterocycles. The molecule has 27 heavy (non-hydrogen) atoms. The number of benzene rings is 3. The molecular formula is C21H19ClN2O3. The Balaban J connectivity index is 1.54. The van der Waals surface area contributed by atoms with Crippen LogP contribution in [0.5, 0.6) is 11.5 Å². The molecule has 6 heteroatoms. The van der Waals surface area contributed by atoms with Gasteiger partial charge in [0.15, 0.2) is 6.61 Å². The Morgan fingerprint density at radius 1 is 0.963 bits per heavy atom. The van der Waals surface area contributed by atoms with E-state index in [-0.39, 0.29) is 12.5 Å². The van der Waals surface area contributed by atoms with E-state index in [1.54, 1.807) is 30.3 Å². The Morgan fingerprint density at radius 2 is 1.67 bits per heavy atom. The molecule has 0 spiro atoms. The molecule has 5 nitrogen and oxygen atoms in total. The monoisotopic (exact) mass is 382 g/mol. The molecule has 3 aromatic carbocycles. The zero-order valence-corrected chi connectivity index (χ0v) is 15.5. The van der Waals surface area contributed by atoms with Gasteiger partial charge in [-0.1, -0.05) is 29.8 Å². The van der Waals surface area contributed by atoms with Crippen LogP contribution in [-0.4, -0.2) is 19.6 Å². The van der Waals surface area contributed by atoms with Gasteiger partial charge in [-0.3, -0.25) is 4.79 Å². The smallest absolute Gasteiger partial charge is 0.262 e. The molecule has 2 N–H and O–H groups in total. The minimum atomic E-state index is -0.304. The molecule has 1 amide bonds. The quantitative estimate of drug-likeness (QED) is 0.596. The van der Waals surface area contributed by atoms with Crippen molar-refractivity contribution in [2.45, 2.75) is 0 Å². The van der Waals surface area contributed by atoms with Crippen molar-refractivity contribution in [1.82, 2.24) is 0 Å². The molecule has 0 radical (unpaired) electrons. The van der Waals surface area contributed by atoms with Crippen LogP contribution in [0.4, 0.5) is 17.1 Å². The number of para-hydroxylation sites is 1. The fourth-order valence-electron chi connectivity index (χ4n) is 2.44. The van der Waals surface area contributed by atoms with Gasteiger partial charge in [0.05, 0.1) is 12.8 Å². The van der Waals surface area contributed by atoms with Crippen molar-refractivity contribution in [3.05, 3.63) is 77.8 Å². The van der Waals surface area contributed by atoms with Crippen LogP contribution in [0.25, 0.3) is 0 Å². The van der Waals surface area contributed by atoms with E-state index in [1.165, 1.54) is 7.11 Å². The van der Waals surface area contributed by atoms with Crippen molar-refractivity contribution in [3.8, 4) is 11.5 Å². The second kappa shape index (κ2) is 8.96. The summed E-state index contributed by atoms with van der Waals surface area (Å²) >= 11 is 5.96. The summed E-state index contributed by atoms with van der Waals surface area (Å²) in [5.41, 5.74) is 2.43. The van der Waals surface area contributed by atoms with Crippen molar-refractivity contribution in [2.24, 2.45) is 0 Å². The molecule has 0 unspecified atom stereocenters. The summed E-state index contributed by atoms with van der Waals surface area (Å²) in [7, 11) is 1.53. The van der Waals surface area contributed by atoms with Gasteiger partial charge in [-0.15, -0.1) is 0 Å². The summed E-state index contributed by atoms with van der Waals surface area (Å²) in [6, 6.07) is 22.3. The molecule has 0 heterocycles. The van der Waals surface area contributed by atoms with Crippen molar-refractivity contribution in [2.75, 3.05) is 24.4 Å². The van der Waals surface area contributed by atoms with E-state index in [0.717, 1.165) is 11.4 Å². The van der Waals surface area contributed by atoms with Crippen molar-refractivity contribution in [3.63, 3.8) is 0 Å². The summed E-state index contributed by atoms with van der Waals surface area (Å²) in [5.74, 6) is 0.827. The molecule has 3 rings (SSSR count). The number of hydrogen-bond donors (Lipinski definition) is 2. The van der Waals surface area contributed by atoms with E-state index in [2.05, 4.69) is 10.6 Å². The Hall–Kier alpha value is -3.18. The van der Waals surface area contributed by atoms with E-state index >= 15 is 0 Å². The Kier molecular flexibility index (Phi) is 6.18. The first-order valence-corrected chi connectivity index (χ1v) is 8.70. The third-order valence-corrected chi connectivity index (χ3v) is 3.96. The molecule has 0 fully saturated rings. The number of anilines is 3. The average molecular weight is 383 g/mol. The first-order chi connectivity index (χ1) is 13.1. The van der Waals surface area contributed by atoms with Gasteiger partial charge < -0.3 is 20.1 Å². The molecule has 0 bridgehead atoms.